The van der Waals surface area contributed by atoms with Gasteiger partial charge in [-0.25, -0.2) is 9.98 Å². The van der Waals surface area contributed by atoms with Crippen LogP contribution >= 0.6 is 11.3 Å². The van der Waals surface area contributed by atoms with Crippen molar-refractivity contribution in [2.75, 3.05) is 28.2 Å². The van der Waals surface area contributed by atoms with Crippen LogP contribution in [0.25, 0.3) is 0 Å². The highest BCUT2D eigenvalue weighted by Crippen LogP contribution is 2.24. The first-order valence-electron chi connectivity index (χ1n) is 6.06. The second-order valence-corrected chi connectivity index (χ2v) is 6.72. The molecule has 0 aliphatic carbocycles. The Morgan fingerprint density at radius 1 is 1.22 bits per heavy atom. The molecule has 0 unspecified atom stereocenters. The Labute approximate surface area is 114 Å². The molecular weight excluding hydrogens is 244 g/mol. The van der Waals surface area contributed by atoms with Gasteiger partial charge < -0.3 is 9.80 Å². The summed E-state index contributed by atoms with van der Waals surface area (Å²) >= 11 is 1.69. The minimum absolute atomic E-state index is 0.115. The van der Waals surface area contributed by atoms with Crippen molar-refractivity contribution in [1.29, 1.82) is 0 Å². The lowest BCUT2D eigenvalue weighted by atomic mass is 9.93. The third-order valence-corrected chi connectivity index (χ3v) is 3.31. The van der Waals surface area contributed by atoms with Gasteiger partial charge in [0.25, 0.3) is 0 Å². The Balaban J connectivity index is 2.80. The number of aliphatic imine (C=N–C) groups is 1. The molecule has 0 saturated carbocycles. The molecule has 0 radical (unpaired) electrons. The van der Waals surface area contributed by atoms with E-state index in [0.29, 0.717) is 6.54 Å². The highest BCUT2D eigenvalue weighted by molar-refractivity contribution is 7.09. The SMILES string of the molecule is CN(C)C(=NCc1nc(C(C)(C)C)cs1)N(C)C. The fraction of sp³-hybridized carbons (Fsp3) is 0.692. The summed E-state index contributed by atoms with van der Waals surface area (Å²) in [6, 6.07) is 0. The van der Waals surface area contributed by atoms with Crippen LogP contribution in [0.3, 0.4) is 0 Å². The fourth-order valence-corrected chi connectivity index (χ4v) is 2.49. The van der Waals surface area contributed by atoms with Crippen LogP contribution in [0, 0.1) is 0 Å². The Kier molecular flexibility index (Phi) is 4.73. The van der Waals surface area contributed by atoms with Crippen molar-refractivity contribution in [2.24, 2.45) is 4.99 Å². The molecule has 0 amide bonds. The first-order chi connectivity index (χ1) is 8.21. The predicted molar refractivity (Wildman–Crippen MR) is 79.3 cm³/mol. The van der Waals surface area contributed by atoms with E-state index in [0.717, 1.165) is 16.7 Å². The van der Waals surface area contributed by atoms with Gasteiger partial charge in [-0.2, -0.15) is 0 Å². The van der Waals surface area contributed by atoms with Crippen LogP contribution in [0.5, 0.6) is 0 Å². The molecule has 0 atom stereocenters. The molecule has 1 heterocycles. The Bertz CT molecular complexity index is 403. The van der Waals surface area contributed by atoms with Crippen LogP contribution in [0.4, 0.5) is 0 Å². The van der Waals surface area contributed by atoms with Gasteiger partial charge in [0.05, 0.1) is 12.2 Å². The minimum Gasteiger partial charge on any atom is -0.349 e. The third-order valence-electron chi connectivity index (χ3n) is 2.48. The van der Waals surface area contributed by atoms with Crippen LogP contribution in [0.15, 0.2) is 10.4 Å². The van der Waals surface area contributed by atoms with Gasteiger partial charge in [-0.1, -0.05) is 20.8 Å². The summed E-state index contributed by atoms with van der Waals surface area (Å²) < 4.78 is 0. The molecule has 1 aromatic rings. The lowest BCUT2D eigenvalue weighted by Gasteiger charge is -2.22. The first-order valence-corrected chi connectivity index (χ1v) is 6.93. The highest BCUT2D eigenvalue weighted by Gasteiger charge is 2.17. The summed E-state index contributed by atoms with van der Waals surface area (Å²) in [6.07, 6.45) is 0. The molecule has 0 saturated heterocycles. The maximum atomic E-state index is 4.65. The number of nitrogens with zero attached hydrogens (tertiary/aromatic N) is 4. The van der Waals surface area contributed by atoms with Gasteiger partial charge in [-0.15, -0.1) is 11.3 Å². The summed E-state index contributed by atoms with van der Waals surface area (Å²) in [5.41, 5.74) is 1.26. The summed E-state index contributed by atoms with van der Waals surface area (Å²) in [5, 5.41) is 3.21. The maximum absolute atomic E-state index is 4.65. The topological polar surface area (TPSA) is 31.7 Å². The molecule has 102 valence electrons. The molecule has 4 nitrogen and oxygen atoms in total. The summed E-state index contributed by atoms with van der Waals surface area (Å²) in [5.74, 6) is 0.961. The second kappa shape index (κ2) is 5.69. The van der Waals surface area contributed by atoms with Gasteiger partial charge in [0.15, 0.2) is 5.96 Å². The first kappa shape index (κ1) is 15.0. The van der Waals surface area contributed by atoms with Crippen LogP contribution in [-0.4, -0.2) is 48.9 Å². The van der Waals surface area contributed by atoms with E-state index < -0.39 is 0 Å². The summed E-state index contributed by atoms with van der Waals surface area (Å²) in [4.78, 5) is 13.3. The molecule has 0 aliphatic rings. The molecule has 1 aromatic heterocycles. The molecule has 0 fully saturated rings. The van der Waals surface area contributed by atoms with Crippen molar-refractivity contribution < 1.29 is 0 Å². The van der Waals surface area contributed by atoms with Crippen molar-refractivity contribution in [2.45, 2.75) is 32.7 Å². The summed E-state index contributed by atoms with van der Waals surface area (Å²) in [6.45, 7) is 7.19. The predicted octanol–water partition coefficient (Wildman–Crippen LogP) is 2.42. The smallest absolute Gasteiger partial charge is 0.195 e. The normalized spacial score (nSPS) is 11.3. The molecule has 0 aliphatic heterocycles. The Morgan fingerprint density at radius 2 is 1.78 bits per heavy atom. The fourth-order valence-electron chi connectivity index (χ4n) is 1.55. The molecule has 0 bridgehead atoms. The van der Waals surface area contributed by atoms with Crippen molar-refractivity contribution >= 4 is 17.3 Å². The van der Waals surface area contributed by atoms with E-state index in [1.165, 1.54) is 0 Å². The van der Waals surface area contributed by atoms with Gasteiger partial charge in [0.1, 0.15) is 5.01 Å². The lowest BCUT2D eigenvalue weighted by Crippen LogP contribution is -2.35. The number of aromatic nitrogens is 1. The van der Waals surface area contributed by atoms with E-state index in [9.17, 15) is 0 Å². The number of thiazole rings is 1. The largest absolute Gasteiger partial charge is 0.349 e. The standard InChI is InChI=1S/C13H24N4S/c1-13(2,3)10-9-18-11(15-10)8-14-12(16(4)5)17(6)7/h9H,8H2,1-7H3. The quantitative estimate of drug-likeness (QED) is 0.610. The van der Waals surface area contributed by atoms with Gasteiger partial charge in [0.2, 0.25) is 0 Å². The van der Waals surface area contributed by atoms with Crippen molar-refractivity contribution in [3.63, 3.8) is 0 Å². The maximum Gasteiger partial charge on any atom is 0.195 e. The number of rotatable bonds is 2. The van der Waals surface area contributed by atoms with E-state index >= 15 is 0 Å². The molecule has 5 heteroatoms. The van der Waals surface area contributed by atoms with Gasteiger partial charge >= 0.3 is 0 Å². The van der Waals surface area contributed by atoms with Gasteiger partial charge in [-0.05, 0) is 0 Å². The van der Waals surface area contributed by atoms with E-state index in [1.807, 2.05) is 38.0 Å². The molecule has 1 rings (SSSR count). The van der Waals surface area contributed by atoms with Crippen molar-refractivity contribution in [3.05, 3.63) is 16.1 Å². The van der Waals surface area contributed by atoms with Crippen molar-refractivity contribution in [3.8, 4) is 0 Å². The number of hydrogen-bond acceptors (Lipinski definition) is 3. The zero-order valence-corrected chi connectivity index (χ0v) is 13.3. The molecule has 18 heavy (non-hydrogen) atoms. The number of hydrogen-bond donors (Lipinski definition) is 0. The third kappa shape index (κ3) is 3.98. The van der Waals surface area contributed by atoms with E-state index in [-0.39, 0.29) is 5.41 Å². The van der Waals surface area contributed by atoms with E-state index in [4.69, 9.17) is 0 Å². The Hall–Kier alpha value is -1.10. The second-order valence-electron chi connectivity index (χ2n) is 5.78. The minimum atomic E-state index is 0.115. The van der Waals surface area contributed by atoms with E-state index in [1.54, 1.807) is 11.3 Å². The van der Waals surface area contributed by atoms with Crippen LogP contribution < -0.4 is 0 Å². The summed E-state index contributed by atoms with van der Waals surface area (Å²) in [7, 11) is 8.01. The highest BCUT2D eigenvalue weighted by atomic mass is 32.1. The molecule has 0 aromatic carbocycles. The van der Waals surface area contributed by atoms with Crippen molar-refractivity contribution in [1.82, 2.24) is 14.8 Å². The van der Waals surface area contributed by atoms with Crippen LogP contribution in [0.2, 0.25) is 0 Å². The van der Waals surface area contributed by atoms with Crippen LogP contribution in [0.1, 0.15) is 31.5 Å². The average Bonchev–Trinajstić information content (AvgIpc) is 2.64. The van der Waals surface area contributed by atoms with Gasteiger partial charge in [0, 0.05) is 39.0 Å². The average molecular weight is 268 g/mol. The zero-order chi connectivity index (χ0) is 13.9. The Morgan fingerprint density at radius 3 is 2.17 bits per heavy atom. The molecule has 0 N–H and O–H groups in total. The van der Waals surface area contributed by atoms with Crippen LogP contribution in [-0.2, 0) is 12.0 Å². The van der Waals surface area contributed by atoms with Gasteiger partial charge in [-0.3, -0.25) is 0 Å². The van der Waals surface area contributed by atoms with E-state index in [2.05, 4.69) is 36.1 Å². The lowest BCUT2D eigenvalue weighted by molar-refractivity contribution is 0.479. The number of guanidine groups is 1. The molecular formula is C13H24N4S. The monoisotopic (exact) mass is 268 g/mol. The zero-order valence-electron chi connectivity index (χ0n) is 12.5. The molecule has 0 spiro atoms.